The molecule has 0 bridgehead atoms. The summed E-state index contributed by atoms with van der Waals surface area (Å²) in [5, 5.41) is 10.4. The zero-order valence-corrected chi connectivity index (χ0v) is 18.5. The van der Waals surface area contributed by atoms with Gasteiger partial charge < -0.3 is 14.3 Å². The maximum atomic E-state index is 13.9. The van der Waals surface area contributed by atoms with Crippen LogP contribution in [0.2, 0.25) is 0 Å². The summed E-state index contributed by atoms with van der Waals surface area (Å²) in [5.74, 6) is -2.54. The number of phenolic OH excluding ortho intramolecular Hbond substituents is 1. The predicted molar refractivity (Wildman–Crippen MR) is 119 cm³/mol. The Labute approximate surface area is 189 Å². The van der Waals surface area contributed by atoms with E-state index in [1.54, 1.807) is 12.1 Å². The molecule has 3 aromatic rings. The van der Waals surface area contributed by atoms with Crippen LogP contribution in [0.5, 0.6) is 17.2 Å². The molecule has 33 heavy (non-hydrogen) atoms. The van der Waals surface area contributed by atoms with Crippen LogP contribution in [-0.2, 0) is 19.1 Å². The summed E-state index contributed by atoms with van der Waals surface area (Å²) in [6.07, 6.45) is -1.21. The minimum Gasteiger partial charge on any atom is -0.507 e. The third-order valence-electron chi connectivity index (χ3n) is 6.21. The first-order valence-corrected chi connectivity index (χ1v) is 11.1. The lowest BCUT2D eigenvalue weighted by Crippen LogP contribution is -2.36. The van der Waals surface area contributed by atoms with E-state index in [-0.39, 0.29) is 40.6 Å². The average Bonchev–Trinajstić information content (AvgIpc) is 2.78. The highest BCUT2D eigenvalue weighted by molar-refractivity contribution is 5.83. The van der Waals surface area contributed by atoms with E-state index in [1.165, 1.54) is 24.3 Å². The molecule has 1 saturated heterocycles. The van der Waals surface area contributed by atoms with Crippen LogP contribution in [0.4, 0.5) is 13.2 Å². The Hall–Kier alpha value is -3.00. The van der Waals surface area contributed by atoms with E-state index in [0.717, 1.165) is 37.8 Å². The molecule has 1 N–H and O–H groups in total. The zero-order chi connectivity index (χ0) is 23.8. The van der Waals surface area contributed by atoms with Gasteiger partial charge in [0.05, 0.1) is 10.9 Å². The lowest BCUT2D eigenvalue weighted by molar-refractivity contribution is -0.154. The highest BCUT2D eigenvalue weighted by Gasteiger charge is 2.41. The summed E-state index contributed by atoms with van der Waals surface area (Å²) >= 11 is 0. The number of alkyl halides is 3. The number of nitrogens with zero attached hydrogens (tertiary/aromatic N) is 1. The molecule has 0 spiro atoms. The van der Waals surface area contributed by atoms with Crippen LogP contribution in [0, 0.1) is 0 Å². The monoisotopic (exact) mass is 461 g/mol. The number of ether oxygens (including phenoxy) is 1. The summed E-state index contributed by atoms with van der Waals surface area (Å²) in [5.41, 5.74) is -0.0476. The maximum Gasteiger partial charge on any atom is 0.453 e. The van der Waals surface area contributed by atoms with Crippen molar-refractivity contribution in [2.45, 2.75) is 58.3 Å². The Bertz CT molecular complexity index is 1200. The van der Waals surface area contributed by atoms with Crippen LogP contribution in [0.15, 0.2) is 45.6 Å². The van der Waals surface area contributed by atoms with Crippen LogP contribution in [0.3, 0.4) is 0 Å². The van der Waals surface area contributed by atoms with Crippen molar-refractivity contribution < 1.29 is 27.4 Å². The van der Waals surface area contributed by atoms with Gasteiger partial charge in [0.1, 0.15) is 17.1 Å². The van der Waals surface area contributed by atoms with Gasteiger partial charge in [-0.2, -0.15) is 13.2 Å². The number of piperidine rings is 1. The van der Waals surface area contributed by atoms with E-state index in [2.05, 4.69) is 4.90 Å². The Morgan fingerprint density at radius 1 is 1.15 bits per heavy atom. The second-order valence-corrected chi connectivity index (χ2v) is 8.44. The highest BCUT2D eigenvalue weighted by atomic mass is 19.4. The Morgan fingerprint density at radius 2 is 1.88 bits per heavy atom. The summed E-state index contributed by atoms with van der Waals surface area (Å²) in [6.45, 7) is 4.92. The molecule has 0 amide bonds. The molecule has 2 aromatic carbocycles. The lowest BCUT2D eigenvalue weighted by atomic mass is 10.0. The van der Waals surface area contributed by atoms with E-state index >= 15 is 0 Å². The standard InChI is InChI=1S/C25H26F3NO4/c1-3-16-7-9-17(10-8-16)32-23-21(31)18-11-12-20(30)19(14-29-13-5-4-6-15(29)2)22(18)33-24(23)25(26,27)28/h7-12,15,30H,3-6,13-14H2,1-2H3/t15-/m0/s1. The molecule has 176 valence electrons. The molecule has 1 aliphatic heterocycles. The number of fused-ring (bicyclic) bond motifs is 1. The number of phenols is 1. The first kappa shape index (κ1) is 23.2. The minimum atomic E-state index is -4.97. The third-order valence-corrected chi connectivity index (χ3v) is 6.21. The van der Waals surface area contributed by atoms with Crippen molar-refractivity contribution in [1.82, 2.24) is 4.90 Å². The fourth-order valence-corrected chi connectivity index (χ4v) is 4.23. The molecule has 0 radical (unpaired) electrons. The van der Waals surface area contributed by atoms with Crippen LogP contribution in [0.1, 0.15) is 50.0 Å². The number of halogens is 3. The quantitative estimate of drug-likeness (QED) is 0.487. The predicted octanol–water partition coefficient (Wildman–Crippen LogP) is 6.25. The minimum absolute atomic E-state index is 0.0689. The molecule has 5 nitrogen and oxygen atoms in total. The number of hydrogen-bond acceptors (Lipinski definition) is 5. The van der Waals surface area contributed by atoms with Crippen molar-refractivity contribution in [3.63, 3.8) is 0 Å². The number of likely N-dealkylation sites (tertiary alicyclic amines) is 1. The van der Waals surface area contributed by atoms with E-state index in [4.69, 9.17) is 9.15 Å². The van der Waals surface area contributed by atoms with Gasteiger partial charge in [-0.05, 0) is 62.6 Å². The van der Waals surface area contributed by atoms with Gasteiger partial charge >= 0.3 is 6.18 Å². The Morgan fingerprint density at radius 3 is 2.52 bits per heavy atom. The summed E-state index contributed by atoms with van der Waals surface area (Å²) < 4.78 is 52.6. The number of aryl methyl sites for hydroxylation is 1. The topological polar surface area (TPSA) is 62.9 Å². The van der Waals surface area contributed by atoms with Gasteiger partial charge in [-0.1, -0.05) is 25.5 Å². The van der Waals surface area contributed by atoms with Crippen LogP contribution in [-0.4, -0.2) is 22.6 Å². The molecule has 1 fully saturated rings. The lowest BCUT2D eigenvalue weighted by Gasteiger charge is -2.33. The first-order valence-electron chi connectivity index (χ1n) is 11.1. The Balaban J connectivity index is 1.85. The summed E-state index contributed by atoms with van der Waals surface area (Å²) in [4.78, 5) is 15.2. The second-order valence-electron chi connectivity index (χ2n) is 8.44. The maximum absolute atomic E-state index is 13.9. The van der Waals surface area contributed by atoms with Gasteiger partial charge in [0.2, 0.25) is 11.2 Å². The zero-order valence-electron chi connectivity index (χ0n) is 18.5. The SMILES string of the molecule is CCc1ccc(Oc2c(C(F)(F)F)oc3c(CN4CCCC[C@@H]4C)c(O)ccc3c2=O)cc1. The van der Waals surface area contributed by atoms with Gasteiger partial charge in [0, 0.05) is 12.6 Å². The Kier molecular flexibility index (Phi) is 6.38. The molecule has 4 rings (SSSR count). The fraction of sp³-hybridized carbons (Fsp3) is 0.400. The molecule has 2 heterocycles. The van der Waals surface area contributed by atoms with Crippen LogP contribution < -0.4 is 10.2 Å². The second kappa shape index (κ2) is 9.09. The number of hydrogen-bond donors (Lipinski definition) is 1. The van der Waals surface area contributed by atoms with Gasteiger partial charge in [-0.25, -0.2) is 0 Å². The van der Waals surface area contributed by atoms with Crippen molar-refractivity contribution >= 4 is 11.0 Å². The molecule has 0 saturated carbocycles. The third kappa shape index (κ3) is 4.71. The van der Waals surface area contributed by atoms with Crippen molar-refractivity contribution in [3.05, 3.63) is 63.5 Å². The van der Waals surface area contributed by atoms with E-state index < -0.39 is 23.1 Å². The van der Waals surface area contributed by atoms with Crippen LogP contribution >= 0.6 is 0 Å². The molecule has 0 unspecified atom stereocenters. The van der Waals surface area contributed by atoms with Crippen molar-refractivity contribution in [3.8, 4) is 17.2 Å². The molecule has 8 heteroatoms. The fourth-order valence-electron chi connectivity index (χ4n) is 4.23. The smallest absolute Gasteiger partial charge is 0.453 e. The number of aromatic hydroxyl groups is 1. The number of rotatable bonds is 5. The van der Waals surface area contributed by atoms with Crippen molar-refractivity contribution in [2.24, 2.45) is 0 Å². The van der Waals surface area contributed by atoms with E-state index in [9.17, 15) is 23.1 Å². The largest absolute Gasteiger partial charge is 0.507 e. The summed E-state index contributed by atoms with van der Waals surface area (Å²) in [6, 6.07) is 9.27. The van der Waals surface area contributed by atoms with Gasteiger partial charge in [0.25, 0.3) is 5.76 Å². The highest BCUT2D eigenvalue weighted by Crippen LogP contribution is 2.40. The molecule has 1 aromatic heterocycles. The molecule has 1 aliphatic rings. The molecular formula is C25H26F3NO4. The number of benzene rings is 2. The van der Waals surface area contributed by atoms with E-state index in [1.807, 2.05) is 13.8 Å². The molecule has 1 atom stereocenters. The normalized spacial score (nSPS) is 17.4. The van der Waals surface area contributed by atoms with Crippen molar-refractivity contribution in [2.75, 3.05) is 6.54 Å². The molecular weight excluding hydrogens is 435 g/mol. The van der Waals surface area contributed by atoms with Gasteiger partial charge in [-0.3, -0.25) is 9.69 Å². The summed E-state index contributed by atoms with van der Waals surface area (Å²) in [7, 11) is 0. The first-order chi connectivity index (χ1) is 15.7. The van der Waals surface area contributed by atoms with Gasteiger partial charge in [-0.15, -0.1) is 0 Å². The van der Waals surface area contributed by atoms with Crippen molar-refractivity contribution in [1.29, 1.82) is 0 Å². The average molecular weight is 461 g/mol. The van der Waals surface area contributed by atoms with E-state index in [0.29, 0.717) is 0 Å². The van der Waals surface area contributed by atoms with Crippen LogP contribution in [0.25, 0.3) is 11.0 Å². The molecule has 0 aliphatic carbocycles. The van der Waals surface area contributed by atoms with Gasteiger partial charge in [0.15, 0.2) is 0 Å².